The van der Waals surface area contributed by atoms with E-state index in [2.05, 4.69) is 50.0 Å². The zero-order valence-corrected chi connectivity index (χ0v) is 11.9. The average molecular weight is 232 g/mol. The minimum Gasteiger partial charge on any atom is -0.0695 e. The van der Waals surface area contributed by atoms with E-state index in [1.165, 1.54) is 25.3 Å². The van der Waals surface area contributed by atoms with E-state index in [9.17, 15) is 0 Å². The van der Waals surface area contributed by atoms with Gasteiger partial charge in [0.05, 0.1) is 0 Å². The van der Waals surface area contributed by atoms with Crippen LogP contribution in [0.5, 0.6) is 0 Å². The van der Waals surface area contributed by atoms with Crippen molar-refractivity contribution in [3.8, 4) is 0 Å². The summed E-state index contributed by atoms with van der Waals surface area (Å²) in [6, 6.07) is 12.7. The van der Waals surface area contributed by atoms with E-state index in [4.69, 9.17) is 0 Å². The van der Waals surface area contributed by atoms with Gasteiger partial charge in [-0.2, -0.15) is 0 Å². The minimum atomic E-state index is -0.897. The molecule has 0 heterocycles. The monoisotopic (exact) mass is 232 g/mol. The summed E-state index contributed by atoms with van der Waals surface area (Å²) in [7, 11) is -0.897. The lowest BCUT2D eigenvalue weighted by Gasteiger charge is -2.26. The van der Waals surface area contributed by atoms with Gasteiger partial charge in [-0.15, -0.1) is 0 Å². The number of hydrogen-bond acceptors (Lipinski definition) is 0. The van der Waals surface area contributed by atoms with E-state index in [-0.39, 0.29) is 0 Å². The maximum atomic E-state index is 2.51. The third kappa shape index (κ3) is 2.97. The van der Waals surface area contributed by atoms with Gasteiger partial charge < -0.3 is 0 Å². The Bertz CT molecular complexity index is 323. The number of rotatable bonds is 3. The van der Waals surface area contributed by atoms with E-state index >= 15 is 0 Å². The van der Waals surface area contributed by atoms with Gasteiger partial charge in [-0.1, -0.05) is 68.9 Å². The quantitative estimate of drug-likeness (QED) is 0.650. The molecule has 0 nitrogen and oxygen atoms in total. The first-order chi connectivity index (χ1) is 7.56. The molecule has 0 amide bonds. The maximum Gasteiger partial charge on any atom is 0.0445 e. The van der Waals surface area contributed by atoms with E-state index in [1.54, 1.807) is 5.56 Å². The third-order valence-corrected chi connectivity index (χ3v) is 5.51. The van der Waals surface area contributed by atoms with Gasteiger partial charge in [-0.05, 0) is 23.8 Å². The lowest BCUT2D eigenvalue weighted by molar-refractivity contribution is 0.526. The Hall–Kier alpha value is -0.563. The van der Waals surface area contributed by atoms with Crippen LogP contribution in [0.15, 0.2) is 30.3 Å². The van der Waals surface area contributed by atoms with Crippen LogP contribution < -0.4 is 0 Å². The molecule has 0 unspecified atom stereocenters. The third-order valence-electron chi connectivity index (χ3n) is 3.76. The first-order valence-corrected chi connectivity index (χ1v) is 10.3. The van der Waals surface area contributed by atoms with Crippen LogP contribution in [-0.4, -0.2) is 8.07 Å². The molecule has 1 saturated carbocycles. The topological polar surface area (TPSA) is 0 Å². The molecule has 0 aromatic heterocycles. The van der Waals surface area contributed by atoms with Gasteiger partial charge >= 0.3 is 0 Å². The Morgan fingerprint density at radius 3 is 2.38 bits per heavy atom. The van der Waals surface area contributed by atoms with Crippen molar-refractivity contribution < 1.29 is 0 Å². The molecule has 88 valence electrons. The Labute approximate surface area is 101 Å². The highest BCUT2D eigenvalue weighted by atomic mass is 28.3. The first kappa shape index (κ1) is 11.9. The molecule has 1 aliphatic rings. The van der Waals surface area contributed by atoms with Crippen molar-refractivity contribution in [3.63, 3.8) is 0 Å². The predicted molar refractivity (Wildman–Crippen MR) is 74.7 cm³/mol. The summed E-state index contributed by atoms with van der Waals surface area (Å²) >= 11 is 0. The molecule has 0 aliphatic heterocycles. The zero-order valence-electron chi connectivity index (χ0n) is 10.9. The normalized spacial score (nSPS) is 25.9. The average Bonchev–Trinajstić information content (AvgIpc) is 2.64. The molecule has 1 aromatic rings. The standard InChI is InChI=1S/C15H24Si/c1-16(2,3)12-14-10-7-11-15(14)13-8-5-4-6-9-13/h4-6,8-9,14-15H,7,10-12H2,1-3H3/t14-,15-/m1/s1. The van der Waals surface area contributed by atoms with Crippen LogP contribution in [0.1, 0.15) is 30.7 Å². The van der Waals surface area contributed by atoms with Crippen molar-refractivity contribution in [2.75, 3.05) is 0 Å². The van der Waals surface area contributed by atoms with Crippen molar-refractivity contribution in [2.45, 2.75) is 50.9 Å². The Kier molecular flexibility index (Phi) is 3.53. The molecule has 0 bridgehead atoms. The summed E-state index contributed by atoms with van der Waals surface area (Å²) in [4.78, 5) is 0. The predicted octanol–water partition coefficient (Wildman–Crippen LogP) is 4.91. The van der Waals surface area contributed by atoms with Gasteiger partial charge in [-0.25, -0.2) is 0 Å². The highest BCUT2D eigenvalue weighted by molar-refractivity contribution is 6.76. The molecule has 1 fully saturated rings. The molecule has 0 radical (unpaired) electrons. The molecular formula is C15H24Si. The van der Waals surface area contributed by atoms with E-state index in [1.807, 2.05) is 0 Å². The van der Waals surface area contributed by atoms with Crippen LogP contribution in [0.3, 0.4) is 0 Å². The highest BCUT2D eigenvalue weighted by Crippen LogP contribution is 2.43. The molecule has 0 spiro atoms. The van der Waals surface area contributed by atoms with Crippen LogP contribution in [-0.2, 0) is 0 Å². The van der Waals surface area contributed by atoms with Crippen molar-refractivity contribution in [3.05, 3.63) is 35.9 Å². The van der Waals surface area contributed by atoms with Crippen LogP contribution in [0.2, 0.25) is 25.7 Å². The lowest BCUT2D eigenvalue weighted by atomic mass is 9.90. The molecule has 0 saturated heterocycles. The smallest absolute Gasteiger partial charge is 0.0445 e. The van der Waals surface area contributed by atoms with Crippen molar-refractivity contribution in [2.24, 2.45) is 5.92 Å². The van der Waals surface area contributed by atoms with Gasteiger partial charge in [0.2, 0.25) is 0 Å². The fraction of sp³-hybridized carbons (Fsp3) is 0.600. The summed E-state index contributed by atoms with van der Waals surface area (Å²) in [6.45, 7) is 7.52. The van der Waals surface area contributed by atoms with E-state index < -0.39 is 8.07 Å². The first-order valence-electron chi connectivity index (χ1n) is 6.61. The molecule has 16 heavy (non-hydrogen) atoms. The zero-order chi connectivity index (χ0) is 11.6. The summed E-state index contributed by atoms with van der Waals surface area (Å²) in [6.07, 6.45) is 4.32. The summed E-state index contributed by atoms with van der Waals surface area (Å²) in [5.41, 5.74) is 1.59. The Morgan fingerprint density at radius 1 is 1.06 bits per heavy atom. The van der Waals surface area contributed by atoms with E-state index in [0.717, 1.165) is 11.8 Å². The van der Waals surface area contributed by atoms with Gasteiger partial charge in [0.1, 0.15) is 0 Å². The lowest BCUT2D eigenvalue weighted by Crippen LogP contribution is -2.25. The number of benzene rings is 1. The van der Waals surface area contributed by atoms with E-state index in [0.29, 0.717) is 0 Å². The fourth-order valence-corrected chi connectivity index (χ4v) is 5.27. The SMILES string of the molecule is C[Si](C)(C)C[C@H]1CCC[C@@H]1c1ccccc1. The fourth-order valence-electron chi connectivity index (χ4n) is 3.21. The van der Waals surface area contributed by atoms with Crippen LogP contribution >= 0.6 is 0 Å². The second-order valence-electron chi connectivity index (χ2n) is 6.47. The summed E-state index contributed by atoms with van der Waals surface area (Å²) < 4.78 is 0. The molecule has 2 rings (SSSR count). The summed E-state index contributed by atoms with van der Waals surface area (Å²) in [5.74, 6) is 1.82. The Morgan fingerprint density at radius 2 is 1.75 bits per heavy atom. The molecule has 1 aliphatic carbocycles. The number of hydrogen-bond donors (Lipinski definition) is 0. The molecule has 0 N–H and O–H groups in total. The van der Waals surface area contributed by atoms with Gasteiger partial charge in [0.15, 0.2) is 0 Å². The second kappa shape index (κ2) is 4.75. The molecular weight excluding hydrogens is 208 g/mol. The van der Waals surface area contributed by atoms with Crippen molar-refractivity contribution in [1.29, 1.82) is 0 Å². The van der Waals surface area contributed by atoms with Crippen molar-refractivity contribution >= 4 is 8.07 Å². The van der Waals surface area contributed by atoms with Crippen LogP contribution in [0.25, 0.3) is 0 Å². The second-order valence-corrected chi connectivity index (χ2v) is 12.0. The maximum absolute atomic E-state index is 2.51. The van der Waals surface area contributed by atoms with Gasteiger partial charge in [0.25, 0.3) is 0 Å². The minimum absolute atomic E-state index is 0.855. The molecule has 1 heteroatoms. The largest absolute Gasteiger partial charge is 0.0695 e. The molecule has 2 atom stereocenters. The van der Waals surface area contributed by atoms with Crippen LogP contribution in [0.4, 0.5) is 0 Å². The summed E-state index contributed by atoms with van der Waals surface area (Å²) in [5, 5.41) is 0. The highest BCUT2D eigenvalue weighted by Gasteiger charge is 2.31. The van der Waals surface area contributed by atoms with Gasteiger partial charge in [0, 0.05) is 8.07 Å². The molecule has 1 aromatic carbocycles. The van der Waals surface area contributed by atoms with Crippen LogP contribution in [0, 0.1) is 5.92 Å². The Balaban J connectivity index is 2.10. The van der Waals surface area contributed by atoms with Crippen molar-refractivity contribution in [1.82, 2.24) is 0 Å². The van der Waals surface area contributed by atoms with Gasteiger partial charge in [-0.3, -0.25) is 0 Å².